The van der Waals surface area contributed by atoms with Crippen molar-refractivity contribution in [1.29, 1.82) is 0 Å². The number of anilines is 1. The first-order valence-corrected chi connectivity index (χ1v) is 7.49. The van der Waals surface area contributed by atoms with Gasteiger partial charge in [-0.15, -0.1) is 0 Å². The van der Waals surface area contributed by atoms with Gasteiger partial charge in [-0.3, -0.25) is 9.52 Å². The number of nitrogens with zero attached hydrogens (tertiary/aromatic N) is 2. The number of nitrogens with one attached hydrogen (secondary N) is 1. The minimum absolute atomic E-state index is 0.0802. The molecule has 0 saturated carbocycles. The Morgan fingerprint density at radius 2 is 2.00 bits per heavy atom. The number of rotatable bonds is 3. The Balaban J connectivity index is 2.09. The summed E-state index contributed by atoms with van der Waals surface area (Å²) in [5, 5.41) is 4.16. The van der Waals surface area contributed by atoms with Gasteiger partial charge in [-0.25, -0.2) is 8.42 Å². The molecule has 2 heterocycles. The van der Waals surface area contributed by atoms with Crippen molar-refractivity contribution in [2.45, 2.75) is 4.90 Å². The molecule has 0 spiro atoms. The second-order valence-electron chi connectivity index (χ2n) is 4.44. The number of hydrogen-bond acceptors (Lipinski definition) is 5. The van der Waals surface area contributed by atoms with E-state index in [2.05, 4.69) is 14.4 Å². The quantitative estimate of drug-likeness (QED) is 0.787. The van der Waals surface area contributed by atoms with E-state index >= 15 is 0 Å². The molecule has 0 atom stereocenters. The molecule has 8 heteroatoms. The Morgan fingerprint density at radius 1 is 1.19 bits per heavy atom. The van der Waals surface area contributed by atoms with Crippen molar-refractivity contribution in [3.05, 3.63) is 53.0 Å². The van der Waals surface area contributed by atoms with E-state index in [9.17, 15) is 13.2 Å². The average Bonchev–Trinajstić information content (AvgIpc) is 2.95. The van der Waals surface area contributed by atoms with Gasteiger partial charge in [0.05, 0.1) is 10.4 Å². The van der Waals surface area contributed by atoms with Crippen LogP contribution in [-0.2, 0) is 17.1 Å². The summed E-state index contributed by atoms with van der Waals surface area (Å²) in [4.78, 5) is 11.6. The highest BCUT2D eigenvalue weighted by atomic mass is 32.2. The van der Waals surface area contributed by atoms with E-state index in [-0.39, 0.29) is 16.3 Å². The normalized spacial score (nSPS) is 11.7. The standard InChI is InChI=1S/C13H11N3O4S/c1-16-11-4-3-10(8-9(11)2-5-13(16)17)21(18,19)15-12-6-7-20-14-12/h2-8H,1H3,(H,14,15). The SMILES string of the molecule is Cn1c(=O)ccc2cc(S(=O)(=O)Nc3ccon3)ccc21. The number of sulfonamides is 1. The highest BCUT2D eigenvalue weighted by molar-refractivity contribution is 7.92. The maximum absolute atomic E-state index is 12.2. The minimum atomic E-state index is -3.76. The van der Waals surface area contributed by atoms with Crippen LogP contribution in [0.25, 0.3) is 10.9 Å². The fourth-order valence-electron chi connectivity index (χ4n) is 1.99. The summed E-state index contributed by atoms with van der Waals surface area (Å²) in [5.74, 6) is 0.107. The lowest BCUT2D eigenvalue weighted by atomic mass is 10.2. The van der Waals surface area contributed by atoms with Crippen LogP contribution >= 0.6 is 0 Å². The molecule has 0 fully saturated rings. The van der Waals surface area contributed by atoms with Crippen molar-refractivity contribution >= 4 is 26.7 Å². The Kier molecular flexibility index (Phi) is 3.02. The fraction of sp³-hybridized carbons (Fsp3) is 0.0769. The first-order chi connectivity index (χ1) is 9.97. The van der Waals surface area contributed by atoms with Gasteiger partial charge in [0.2, 0.25) is 0 Å². The molecule has 1 N–H and O–H groups in total. The molecule has 0 aliphatic heterocycles. The molecule has 0 amide bonds. The average molecular weight is 305 g/mol. The maximum atomic E-state index is 12.2. The van der Waals surface area contributed by atoms with Gasteiger partial charge >= 0.3 is 0 Å². The summed E-state index contributed by atoms with van der Waals surface area (Å²) < 4.78 is 32.8. The zero-order valence-corrected chi connectivity index (χ0v) is 11.8. The molecule has 21 heavy (non-hydrogen) atoms. The lowest BCUT2D eigenvalue weighted by molar-refractivity contribution is 0.423. The van der Waals surface area contributed by atoms with Crippen LogP contribution in [-0.4, -0.2) is 18.1 Å². The molecular weight excluding hydrogens is 294 g/mol. The number of pyridine rings is 1. The van der Waals surface area contributed by atoms with E-state index in [1.807, 2.05) is 0 Å². The number of fused-ring (bicyclic) bond motifs is 1. The molecule has 3 rings (SSSR count). The van der Waals surface area contributed by atoms with Gasteiger partial charge in [0, 0.05) is 19.2 Å². The third-order valence-electron chi connectivity index (χ3n) is 3.08. The highest BCUT2D eigenvalue weighted by Gasteiger charge is 2.16. The summed E-state index contributed by atoms with van der Waals surface area (Å²) in [7, 11) is -2.13. The predicted molar refractivity (Wildman–Crippen MR) is 76.5 cm³/mol. The maximum Gasteiger partial charge on any atom is 0.263 e. The number of aryl methyl sites for hydroxylation is 1. The lowest BCUT2D eigenvalue weighted by Crippen LogP contribution is -2.16. The van der Waals surface area contributed by atoms with Gasteiger partial charge in [-0.1, -0.05) is 5.16 Å². The zero-order valence-electron chi connectivity index (χ0n) is 11.0. The van der Waals surface area contributed by atoms with Crippen molar-refractivity contribution in [2.24, 2.45) is 7.05 Å². The third kappa shape index (κ3) is 2.40. The van der Waals surface area contributed by atoms with E-state index in [1.54, 1.807) is 19.2 Å². The summed E-state index contributed by atoms with van der Waals surface area (Å²) in [5.41, 5.74) is 0.502. The Labute approximate surface area is 119 Å². The van der Waals surface area contributed by atoms with Gasteiger partial charge in [0.1, 0.15) is 6.26 Å². The number of aromatic nitrogens is 2. The molecule has 0 aliphatic carbocycles. The van der Waals surface area contributed by atoms with Crippen molar-refractivity contribution in [1.82, 2.24) is 9.72 Å². The van der Waals surface area contributed by atoms with Gasteiger partial charge in [0.15, 0.2) is 5.82 Å². The first kappa shape index (κ1) is 13.4. The molecular formula is C13H11N3O4S. The summed E-state index contributed by atoms with van der Waals surface area (Å²) in [6.07, 6.45) is 1.27. The first-order valence-electron chi connectivity index (χ1n) is 6.00. The van der Waals surface area contributed by atoms with Crippen molar-refractivity contribution in [2.75, 3.05) is 4.72 Å². The van der Waals surface area contributed by atoms with E-state index in [0.717, 1.165) is 0 Å². The van der Waals surface area contributed by atoms with Crippen LogP contribution < -0.4 is 10.3 Å². The number of hydrogen-bond donors (Lipinski definition) is 1. The molecule has 7 nitrogen and oxygen atoms in total. The third-order valence-corrected chi connectivity index (χ3v) is 4.44. The van der Waals surface area contributed by atoms with Crippen LogP contribution in [0.3, 0.4) is 0 Å². The minimum Gasteiger partial charge on any atom is -0.363 e. The van der Waals surface area contributed by atoms with Crippen LogP contribution in [0, 0.1) is 0 Å². The molecule has 0 aliphatic rings. The van der Waals surface area contributed by atoms with Gasteiger partial charge in [0.25, 0.3) is 15.6 Å². The monoisotopic (exact) mass is 305 g/mol. The molecule has 3 aromatic rings. The van der Waals surface area contributed by atoms with Gasteiger partial charge in [-0.2, -0.15) is 0 Å². The largest absolute Gasteiger partial charge is 0.363 e. The van der Waals surface area contributed by atoms with Crippen LogP contribution in [0.5, 0.6) is 0 Å². The molecule has 1 aromatic carbocycles. The molecule has 108 valence electrons. The van der Waals surface area contributed by atoms with Crippen LogP contribution in [0.2, 0.25) is 0 Å². The number of benzene rings is 1. The zero-order chi connectivity index (χ0) is 15.0. The molecule has 2 aromatic heterocycles. The smallest absolute Gasteiger partial charge is 0.263 e. The highest BCUT2D eigenvalue weighted by Crippen LogP contribution is 2.19. The fourth-order valence-corrected chi connectivity index (χ4v) is 3.02. The van der Waals surface area contributed by atoms with Crippen LogP contribution in [0.1, 0.15) is 0 Å². The topological polar surface area (TPSA) is 94.2 Å². The van der Waals surface area contributed by atoms with Crippen LogP contribution in [0.4, 0.5) is 5.82 Å². The Morgan fingerprint density at radius 3 is 2.71 bits per heavy atom. The van der Waals surface area contributed by atoms with Gasteiger partial charge < -0.3 is 9.09 Å². The second kappa shape index (κ2) is 4.74. The van der Waals surface area contributed by atoms with E-state index in [1.165, 1.54) is 35.1 Å². The summed E-state index contributed by atoms with van der Waals surface area (Å²) in [6.45, 7) is 0. The second-order valence-corrected chi connectivity index (χ2v) is 6.12. The van der Waals surface area contributed by atoms with E-state index < -0.39 is 10.0 Å². The lowest BCUT2D eigenvalue weighted by Gasteiger charge is -2.08. The molecule has 0 unspecified atom stereocenters. The summed E-state index contributed by atoms with van der Waals surface area (Å²) >= 11 is 0. The summed E-state index contributed by atoms with van der Waals surface area (Å²) in [6, 6.07) is 8.91. The van der Waals surface area contributed by atoms with E-state index in [0.29, 0.717) is 10.9 Å². The van der Waals surface area contributed by atoms with E-state index in [4.69, 9.17) is 0 Å². The molecule has 0 saturated heterocycles. The molecule has 0 radical (unpaired) electrons. The Bertz CT molecular complexity index is 959. The van der Waals surface area contributed by atoms with Crippen molar-refractivity contribution in [3.63, 3.8) is 0 Å². The molecule has 0 bridgehead atoms. The van der Waals surface area contributed by atoms with Gasteiger partial charge in [-0.05, 0) is 29.7 Å². The van der Waals surface area contributed by atoms with Crippen molar-refractivity contribution in [3.8, 4) is 0 Å². The Hall–Kier alpha value is -2.61. The van der Waals surface area contributed by atoms with Crippen LogP contribution in [0.15, 0.2) is 56.9 Å². The predicted octanol–water partition coefficient (Wildman–Crippen LogP) is 1.33. The van der Waals surface area contributed by atoms with Crippen molar-refractivity contribution < 1.29 is 12.9 Å².